The summed E-state index contributed by atoms with van der Waals surface area (Å²) in [6.45, 7) is 10.6. The fourth-order valence-electron chi connectivity index (χ4n) is 3.25. The molecule has 0 aromatic carbocycles. The van der Waals surface area contributed by atoms with E-state index in [0.29, 0.717) is 0 Å². The Morgan fingerprint density at radius 2 is 1.80 bits per heavy atom. The highest BCUT2D eigenvalue weighted by Gasteiger charge is 2.21. The lowest BCUT2D eigenvalue weighted by atomic mass is 9.88. The topological polar surface area (TPSA) is 12.0 Å². The molecular formula is C19H37N. The lowest BCUT2D eigenvalue weighted by molar-refractivity contribution is 0.368. The fourth-order valence-corrected chi connectivity index (χ4v) is 3.25. The Morgan fingerprint density at radius 3 is 2.50 bits per heavy atom. The van der Waals surface area contributed by atoms with Crippen molar-refractivity contribution in [3.05, 3.63) is 11.8 Å². The molecule has 0 saturated heterocycles. The molecule has 118 valence electrons. The Labute approximate surface area is 127 Å². The first kappa shape index (κ1) is 17.6. The van der Waals surface area contributed by atoms with Crippen molar-refractivity contribution in [1.29, 1.82) is 0 Å². The van der Waals surface area contributed by atoms with E-state index >= 15 is 0 Å². The van der Waals surface area contributed by atoms with Crippen molar-refractivity contribution < 1.29 is 0 Å². The van der Waals surface area contributed by atoms with E-state index in [1.807, 2.05) is 0 Å². The van der Waals surface area contributed by atoms with Gasteiger partial charge in [0, 0.05) is 18.2 Å². The highest BCUT2D eigenvalue weighted by atomic mass is 14.9. The van der Waals surface area contributed by atoms with E-state index in [1.165, 1.54) is 64.3 Å². The van der Waals surface area contributed by atoms with Gasteiger partial charge in [0.15, 0.2) is 0 Å². The summed E-state index contributed by atoms with van der Waals surface area (Å²) < 4.78 is 0. The van der Waals surface area contributed by atoms with Crippen LogP contribution in [0, 0.1) is 17.8 Å². The van der Waals surface area contributed by atoms with Crippen LogP contribution in [-0.4, -0.2) is 6.54 Å². The largest absolute Gasteiger partial charge is 0.388 e. The Balaban J connectivity index is 2.27. The molecule has 1 N–H and O–H groups in total. The molecule has 2 atom stereocenters. The molecule has 0 radical (unpaired) electrons. The maximum atomic E-state index is 3.77. The minimum Gasteiger partial charge on any atom is -0.388 e. The van der Waals surface area contributed by atoms with Gasteiger partial charge < -0.3 is 5.32 Å². The molecule has 1 unspecified atom stereocenters. The van der Waals surface area contributed by atoms with E-state index in [4.69, 9.17) is 0 Å². The van der Waals surface area contributed by atoms with Crippen molar-refractivity contribution in [1.82, 2.24) is 5.32 Å². The van der Waals surface area contributed by atoms with Gasteiger partial charge in [0.1, 0.15) is 0 Å². The van der Waals surface area contributed by atoms with E-state index < -0.39 is 0 Å². The highest BCUT2D eigenvalue weighted by molar-refractivity contribution is 5.08. The zero-order valence-corrected chi connectivity index (χ0v) is 14.4. The summed E-state index contributed by atoms with van der Waals surface area (Å²) in [4.78, 5) is 0. The number of rotatable bonds is 9. The lowest BCUT2D eigenvalue weighted by Gasteiger charge is -2.24. The average Bonchev–Trinajstić information content (AvgIpc) is 2.60. The molecule has 0 aromatic rings. The van der Waals surface area contributed by atoms with Gasteiger partial charge in [-0.3, -0.25) is 0 Å². The quantitative estimate of drug-likeness (QED) is 0.517. The Bertz CT molecular complexity index is 267. The molecule has 0 bridgehead atoms. The molecule has 1 nitrogen and oxygen atoms in total. The maximum Gasteiger partial charge on any atom is 0.0143 e. The molecule has 1 rings (SSSR count). The van der Waals surface area contributed by atoms with E-state index in [0.717, 1.165) is 17.8 Å². The van der Waals surface area contributed by atoms with Gasteiger partial charge in [-0.1, -0.05) is 65.9 Å². The van der Waals surface area contributed by atoms with Crippen LogP contribution in [0.1, 0.15) is 85.5 Å². The smallest absolute Gasteiger partial charge is 0.0143 e. The summed E-state index contributed by atoms with van der Waals surface area (Å²) in [5.41, 5.74) is 1.55. The van der Waals surface area contributed by atoms with E-state index in [1.54, 1.807) is 5.70 Å². The van der Waals surface area contributed by atoms with Crippen molar-refractivity contribution >= 4 is 0 Å². The standard InChI is InChI=1S/C19H37N/c1-5-6-7-8-9-10-15-20-19-14-12-17(4)11-13-18(19)16(2)3/h14,16-18,20H,5-13,15H2,1-4H3/t17-,18?/m1/s1. The van der Waals surface area contributed by atoms with E-state index in [-0.39, 0.29) is 0 Å². The third-order valence-electron chi connectivity index (χ3n) is 4.77. The molecule has 1 aliphatic rings. The SMILES string of the molecule is CCCCCCCCNC1=CC[C@H](C)CCC1C(C)C. The molecule has 1 aliphatic carbocycles. The molecule has 20 heavy (non-hydrogen) atoms. The Kier molecular flexibility index (Phi) is 9.05. The minimum absolute atomic E-state index is 0.764. The summed E-state index contributed by atoms with van der Waals surface area (Å²) in [7, 11) is 0. The van der Waals surface area contributed by atoms with E-state index in [9.17, 15) is 0 Å². The van der Waals surface area contributed by atoms with Gasteiger partial charge in [0.05, 0.1) is 0 Å². The van der Waals surface area contributed by atoms with Gasteiger partial charge in [-0.05, 0) is 37.5 Å². The van der Waals surface area contributed by atoms with Crippen molar-refractivity contribution in [3.8, 4) is 0 Å². The predicted octanol–water partition coefficient (Wildman–Crippen LogP) is 5.91. The van der Waals surface area contributed by atoms with Gasteiger partial charge in [0.25, 0.3) is 0 Å². The van der Waals surface area contributed by atoms with Crippen LogP contribution in [-0.2, 0) is 0 Å². The van der Waals surface area contributed by atoms with Crippen LogP contribution < -0.4 is 5.32 Å². The van der Waals surface area contributed by atoms with Gasteiger partial charge in [-0.15, -0.1) is 0 Å². The first-order chi connectivity index (χ1) is 9.65. The van der Waals surface area contributed by atoms with Crippen molar-refractivity contribution in [3.63, 3.8) is 0 Å². The third kappa shape index (κ3) is 6.81. The van der Waals surface area contributed by atoms with Crippen LogP contribution in [0.4, 0.5) is 0 Å². The van der Waals surface area contributed by atoms with Gasteiger partial charge in [0.2, 0.25) is 0 Å². The van der Waals surface area contributed by atoms with Gasteiger partial charge >= 0.3 is 0 Å². The van der Waals surface area contributed by atoms with Gasteiger partial charge in [-0.2, -0.15) is 0 Å². The normalized spacial score (nSPS) is 23.6. The number of hydrogen-bond donors (Lipinski definition) is 1. The first-order valence-corrected chi connectivity index (χ1v) is 9.09. The molecule has 0 heterocycles. The molecule has 0 amide bonds. The molecule has 0 fully saturated rings. The second-order valence-electron chi connectivity index (χ2n) is 7.12. The van der Waals surface area contributed by atoms with Crippen LogP contribution in [0.5, 0.6) is 0 Å². The molecule has 0 aliphatic heterocycles. The summed E-state index contributed by atoms with van der Waals surface area (Å²) >= 11 is 0. The summed E-state index contributed by atoms with van der Waals surface area (Å²) in [6, 6.07) is 0. The molecular weight excluding hydrogens is 242 g/mol. The predicted molar refractivity (Wildman–Crippen MR) is 90.8 cm³/mol. The third-order valence-corrected chi connectivity index (χ3v) is 4.77. The average molecular weight is 280 g/mol. The zero-order chi connectivity index (χ0) is 14.8. The molecule has 0 aromatic heterocycles. The van der Waals surface area contributed by atoms with Crippen LogP contribution in [0.2, 0.25) is 0 Å². The number of nitrogens with one attached hydrogen (secondary N) is 1. The zero-order valence-electron chi connectivity index (χ0n) is 14.4. The van der Waals surface area contributed by atoms with Crippen LogP contribution in [0.25, 0.3) is 0 Å². The molecule has 1 heteroatoms. The number of unbranched alkanes of at least 4 members (excludes halogenated alkanes) is 5. The second kappa shape index (κ2) is 10.3. The molecule has 0 saturated carbocycles. The number of allylic oxidation sites excluding steroid dienone is 2. The summed E-state index contributed by atoms with van der Waals surface area (Å²) in [6.07, 6.45) is 14.8. The van der Waals surface area contributed by atoms with Crippen molar-refractivity contribution in [2.45, 2.75) is 85.5 Å². The highest BCUT2D eigenvalue weighted by Crippen LogP contribution is 2.30. The Morgan fingerprint density at radius 1 is 1.10 bits per heavy atom. The van der Waals surface area contributed by atoms with Gasteiger partial charge in [-0.25, -0.2) is 0 Å². The molecule has 0 spiro atoms. The second-order valence-corrected chi connectivity index (χ2v) is 7.12. The lowest BCUT2D eigenvalue weighted by Crippen LogP contribution is -2.24. The van der Waals surface area contributed by atoms with Crippen LogP contribution in [0.3, 0.4) is 0 Å². The van der Waals surface area contributed by atoms with Crippen LogP contribution >= 0.6 is 0 Å². The van der Waals surface area contributed by atoms with E-state index in [2.05, 4.69) is 39.1 Å². The minimum atomic E-state index is 0.764. The van der Waals surface area contributed by atoms with Crippen molar-refractivity contribution in [2.24, 2.45) is 17.8 Å². The first-order valence-electron chi connectivity index (χ1n) is 9.09. The summed E-state index contributed by atoms with van der Waals surface area (Å²) in [5, 5.41) is 3.77. The summed E-state index contributed by atoms with van der Waals surface area (Å²) in [5.74, 6) is 2.40. The monoisotopic (exact) mass is 279 g/mol. The number of hydrogen-bond acceptors (Lipinski definition) is 1. The van der Waals surface area contributed by atoms with Crippen molar-refractivity contribution in [2.75, 3.05) is 6.54 Å². The maximum absolute atomic E-state index is 3.77. The Hall–Kier alpha value is -0.460. The fraction of sp³-hybridized carbons (Fsp3) is 0.895. The van der Waals surface area contributed by atoms with Crippen LogP contribution in [0.15, 0.2) is 11.8 Å².